The maximum absolute atomic E-state index is 11.4. The summed E-state index contributed by atoms with van der Waals surface area (Å²) in [5.41, 5.74) is 6.58. The summed E-state index contributed by atoms with van der Waals surface area (Å²) >= 11 is 0. The number of anilines is 2. The Morgan fingerprint density at radius 3 is 2.62 bits per heavy atom. The molecule has 0 atom stereocenters. The van der Waals surface area contributed by atoms with Crippen LogP contribution in [0.3, 0.4) is 0 Å². The zero-order valence-corrected chi connectivity index (χ0v) is 14.1. The first-order chi connectivity index (χ1) is 11.3. The molecule has 0 aliphatic heterocycles. The van der Waals surface area contributed by atoms with Crippen LogP contribution in [-0.2, 0) is 15.6 Å². The van der Waals surface area contributed by atoms with Crippen LogP contribution in [-0.4, -0.2) is 42.2 Å². The van der Waals surface area contributed by atoms with Gasteiger partial charge >= 0.3 is 6.03 Å². The van der Waals surface area contributed by atoms with Gasteiger partial charge in [-0.3, -0.25) is 5.32 Å². The standard InChI is InChI=1S/C14H18N6O3S/c1-3-16-14(21)20-12-5-4-9(7-17-12)13-18-10(6-11(15)19-13)8-24(2,22)23/h4-7H,3,8H2,1-2H3,(H2,15,18,19)(H2,16,17,20,21). The second kappa shape index (κ2) is 7.21. The number of urea groups is 1. The Bertz CT molecular complexity index is 836. The van der Waals surface area contributed by atoms with Gasteiger partial charge in [0.25, 0.3) is 0 Å². The Morgan fingerprint density at radius 2 is 2.04 bits per heavy atom. The van der Waals surface area contributed by atoms with Crippen molar-refractivity contribution in [2.24, 2.45) is 0 Å². The van der Waals surface area contributed by atoms with E-state index in [2.05, 4.69) is 25.6 Å². The van der Waals surface area contributed by atoms with Crippen LogP contribution in [0.1, 0.15) is 12.6 Å². The highest BCUT2D eigenvalue weighted by Crippen LogP contribution is 2.18. The van der Waals surface area contributed by atoms with Crippen molar-refractivity contribution in [3.8, 4) is 11.4 Å². The van der Waals surface area contributed by atoms with Crippen LogP contribution in [0.25, 0.3) is 11.4 Å². The van der Waals surface area contributed by atoms with Crippen molar-refractivity contribution in [3.05, 3.63) is 30.1 Å². The number of nitrogens with one attached hydrogen (secondary N) is 2. The topological polar surface area (TPSA) is 140 Å². The van der Waals surface area contributed by atoms with Crippen molar-refractivity contribution < 1.29 is 13.2 Å². The van der Waals surface area contributed by atoms with Crippen molar-refractivity contribution >= 4 is 27.5 Å². The van der Waals surface area contributed by atoms with E-state index in [9.17, 15) is 13.2 Å². The average molecular weight is 350 g/mol. The third kappa shape index (κ3) is 5.16. The van der Waals surface area contributed by atoms with E-state index in [-0.39, 0.29) is 23.4 Å². The van der Waals surface area contributed by atoms with Crippen LogP contribution < -0.4 is 16.4 Å². The number of nitrogens with zero attached hydrogens (tertiary/aromatic N) is 3. The van der Waals surface area contributed by atoms with E-state index in [4.69, 9.17) is 5.73 Å². The van der Waals surface area contributed by atoms with Gasteiger partial charge in [-0.25, -0.2) is 28.2 Å². The van der Waals surface area contributed by atoms with Crippen LogP contribution in [0.4, 0.5) is 16.4 Å². The molecule has 10 heteroatoms. The SMILES string of the molecule is CCNC(=O)Nc1ccc(-c2nc(N)cc(CS(C)(=O)=O)n2)cn1. The molecule has 2 rings (SSSR count). The van der Waals surface area contributed by atoms with Crippen LogP contribution in [0.15, 0.2) is 24.4 Å². The molecule has 0 bridgehead atoms. The summed E-state index contributed by atoms with van der Waals surface area (Å²) in [7, 11) is -3.23. The number of carbonyl (C=O) groups excluding carboxylic acids is 1. The number of carbonyl (C=O) groups is 1. The summed E-state index contributed by atoms with van der Waals surface area (Å²) < 4.78 is 22.8. The first-order valence-electron chi connectivity index (χ1n) is 7.09. The minimum absolute atomic E-state index is 0.170. The number of pyridine rings is 1. The number of hydrogen-bond donors (Lipinski definition) is 3. The highest BCUT2D eigenvalue weighted by atomic mass is 32.2. The molecular weight excluding hydrogens is 332 g/mol. The Hall–Kier alpha value is -2.75. The molecule has 0 fully saturated rings. The van der Waals surface area contributed by atoms with Crippen LogP contribution in [0.5, 0.6) is 0 Å². The van der Waals surface area contributed by atoms with E-state index in [0.717, 1.165) is 6.26 Å². The van der Waals surface area contributed by atoms with E-state index < -0.39 is 9.84 Å². The smallest absolute Gasteiger partial charge is 0.320 e. The molecule has 0 spiro atoms. The molecule has 2 aromatic rings. The van der Waals surface area contributed by atoms with Crippen LogP contribution in [0.2, 0.25) is 0 Å². The van der Waals surface area contributed by atoms with Gasteiger partial charge in [-0.15, -0.1) is 0 Å². The average Bonchev–Trinajstić information content (AvgIpc) is 2.45. The molecule has 4 N–H and O–H groups in total. The number of amides is 2. The molecule has 2 heterocycles. The third-order valence-electron chi connectivity index (χ3n) is 2.81. The van der Waals surface area contributed by atoms with Crippen molar-refractivity contribution in [2.45, 2.75) is 12.7 Å². The Balaban J connectivity index is 2.24. The summed E-state index contributed by atoms with van der Waals surface area (Å²) in [5, 5.41) is 5.16. The van der Waals surface area contributed by atoms with Crippen LogP contribution in [0, 0.1) is 0 Å². The molecule has 0 aliphatic carbocycles. The fraction of sp³-hybridized carbons (Fsp3) is 0.286. The highest BCUT2D eigenvalue weighted by molar-refractivity contribution is 7.89. The lowest BCUT2D eigenvalue weighted by molar-refractivity contribution is 0.252. The van der Waals surface area contributed by atoms with Crippen LogP contribution >= 0.6 is 0 Å². The van der Waals surface area contributed by atoms with Crippen molar-refractivity contribution in [1.29, 1.82) is 0 Å². The largest absolute Gasteiger partial charge is 0.384 e. The van der Waals surface area contributed by atoms with Gasteiger partial charge < -0.3 is 11.1 Å². The second-order valence-electron chi connectivity index (χ2n) is 5.09. The summed E-state index contributed by atoms with van der Waals surface area (Å²) in [6.07, 6.45) is 2.59. The number of nitrogens with two attached hydrogens (primary N) is 1. The quantitative estimate of drug-likeness (QED) is 0.724. The molecule has 2 amide bonds. The predicted molar refractivity (Wildman–Crippen MR) is 90.9 cm³/mol. The van der Waals surface area contributed by atoms with E-state index in [1.165, 1.54) is 12.3 Å². The normalized spacial score (nSPS) is 11.1. The van der Waals surface area contributed by atoms with E-state index in [1.54, 1.807) is 19.1 Å². The summed E-state index contributed by atoms with van der Waals surface area (Å²) in [4.78, 5) is 23.8. The third-order valence-corrected chi connectivity index (χ3v) is 3.63. The van der Waals surface area contributed by atoms with Crippen molar-refractivity contribution in [1.82, 2.24) is 20.3 Å². The Morgan fingerprint density at radius 1 is 1.29 bits per heavy atom. The molecule has 24 heavy (non-hydrogen) atoms. The van der Waals surface area contributed by atoms with Gasteiger partial charge in [-0.1, -0.05) is 0 Å². The molecule has 9 nitrogen and oxygen atoms in total. The monoisotopic (exact) mass is 350 g/mol. The van der Waals surface area contributed by atoms with Crippen molar-refractivity contribution in [3.63, 3.8) is 0 Å². The van der Waals surface area contributed by atoms with E-state index >= 15 is 0 Å². The summed E-state index contributed by atoms with van der Waals surface area (Å²) in [6, 6.07) is 4.32. The zero-order valence-electron chi connectivity index (χ0n) is 13.3. The molecule has 0 saturated heterocycles. The maximum Gasteiger partial charge on any atom is 0.320 e. The number of nitrogen functional groups attached to an aromatic ring is 1. The molecular formula is C14H18N6O3S. The fourth-order valence-corrected chi connectivity index (χ4v) is 2.60. The van der Waals surface area contributed by atoms with Gasteiger partial charge in [-0.2, -0.15) is 0 Å². The molecule has 0 saturated carbocycles. The van der Waals surface area contributed by atoms with E-state index in [1.807, 2.05) is 0 Å². The first kappa shape index (κ1) is 17.6. The molecule has 0 aliphatic rings. The fourth-order valence-electron chi connectivity index (χ4n) is 1.91. The van der Waals surface area contributed by atoms with Gasteiger partial charge in [0.05, 0.1) is 11.4 Å². The summed E-state index contributed by atoms with van der Waals surface area (Å²) in [5.74, 6) is 0.579. The molecule has 0 radical (unpaired) electrons. The zero-order chi connectivity index (χ0) is 17.7. The lowest BCUT2D eigenvalue weighted by Gasteiger charge is -2.07. The molecule has 0 unspecified atom stereocenters. The minimum Gasteiger partial charge on any atom is -0.384 e. The number of sulfone groups is 1. The molecule has 0 aromatic carbocycles. The van der Waals surface area contributed by atoms with Crippen molar-refractivity contribution in [2.75, 3.05) is 23.9 Å². The van der Waals surface area contributed by atoms with Gasteiger partial charge in [-0.05, 0) is 19.1 Å². The van der Waals surface area contributed by atoms with E-state index in [0.29, 0.717) is 23.6 Å². The summed E-state index contributed by atoms with van der Waals surface area (Å²) in [6.45, 7) is 2.31. The second-order valence-corrected chi connectivity index (χ2v) is 7.23. The van der Waals surface area contributed by atoms with Gasteiger partial charge in [0.2, 0.25) is 0 Å². The number of rotatable bonds is 5. The van der Waals surface area contributed by atoms with Gasteiger partial charge in [0.1, 0.15) is 11.6 Å². The highest BCUT2D eigenvalue weighted by Gasteiger charge is 2.11. The maximum atomic E-state index is 11.4. The van der Waals surface area contributed by atoms with Gasteiger partial charge in [0.15, 0.2) is 15.7 Å². The molecule has 2 aromatic heterocycles. The predicted octanol–water partition coefficient (Wildman–Crippen LogP) is 0.807. The Labute approximate surface area is 139 Å². The lowest BCUT2D eigenvalue weighted by Crippen LogP contribution is -2.28. The minimum atomic E-state index is -3.23. The number of aromatic nitrogens is 3. The molecule has 128 valence electrons. The number of hydrogen-bond acceptors (Lipinski definition) is 7. The van der Waals surface area contributed by atoms with Gasteiger partial charge in [0, 0.05) is 30.6 Å². The Kier molecular flexibility index (Phi) is 5.29. The first-order valence-corrected chi connectivity index (χ1v) is 9.15. The lowest BCUT2D eigenvalue weighted by atomic mass is 10.2.